The van der Waals surface area contributed by atoms with Crippen molar-refractivity contribution in [2.45, 2.75) is 20.1 Å². The van der Waals surface area contributed by atoms with E-state index in [0.717, 1.165) is 0 Å². The minimum Gasteiger partial charge on any atom is -0.471 e. The van der Waals surface area contributed by atoms with Crippen molar-refractivity contribution in [3.8, 4) is 5.75 Å². The van der Waals surface area contributed by atoms with E-state index in [4.69, 9.17) is 16.3 Å². The van der Waals surface area contributed by atoms with Crippen molar-refractivity contribution in [3.05, 3.63) is 29.3 Å². The van der Waals surface area contributed by atoms with E-state index in [1.54, 1.807) is 31.2 Å². The van der Waals surface area contributed by atoms with E-state index >= 15 is 0 Å². The fraction of sp³-hybridized carbons (Fsp3) is 0.385. The predicted molar refractivity (Wildman–Crippen MR) is 76.8 cm³/mol. The highest BCUT2D eigenvalue weighted by molar-refractivity contribution is 6.30. The number of hydrogen-bond donors (Lipinski definition) is 3. The van der Waals surface area contributed by atoms with Gasteiger partial charge in [-0.25, -0.2) is 4.79 Å². The van der Waals surface area contributed by atoms with Crippen LogP contribution in [0.2, 0.25) is 5.02 Å². The molecule has 0 saturated carbocycles. The number of urea groups is 1. The Balaban J connectivity index is 2.24. The van der Waals surface area contributed by atoms with E-state index in [0.29, 0.717) is 23.9 Å². The van der Waals surface area contributed by atoms with Crippen LogP contribution in [0.3, 0.4) is 0 Å². The second-order valence-electron chi connectivity index (χ2n) is 4.10. The summed E-state index contributed by atoms with van der Waals surface area (Å²) in [4.78, 5) is 22.1. The van der Waals surface area contributed by atoms with Gasteiger partial charge in [0.1, 0.15) is 5.75 Å². The van der Waals surface area contributed by atoms with Gasteiger partial charge in [-0.15, -0.1) is 0 Å². The number of amides is 3. The van der Waals surface area contributed by atoms with Gasteiger partial charge in [0.25, 0.3) is 0 Å². The molecule has 0 aliphatic heterocycles. The van der Waals surface area contributed by atoms with Crippen molar-refractivity contribution < 1.29 is 14.3 Å². The number of hydrogen-bond acceptors (Lipinski definition) is 3. The first kappa shape index (κ1) is 16.1. The number of halogens is 1. The number of benzene rings is 1. The Morgan fingerprint density at radius 3 is 2.40 bits per heavy atom. The normalized spacial score (nSPS) is 11.3. The van der Waals surface area contributed by atoms with E-state index < -0.39 is 6.23 Å². The molecular formula is C13H18ClN3O3. The monoisotopic (exact) mass is 299 g/mol. The molecule has 1 aromatic carbocycles. The maximum Gasteiger partial charge on any atom is 0.317 e. The third kappa shape index (κ3) is 6.84. The predicted octanol–water partition coefficient (Wildman–Crippen LogP) is 1.50. The smallest absolute Gasteiger partial charge is 0.317 e. The molecule has 1 aromatic rings. The summed E-state index contributed by atoms with van der Waals surface area (Å²) in [5, 5.41) is 8.40. The van der Waals surface area contributed by atoms with E-state index in [9.17, 15) is 9.59 Å². The van der Waals surface area contributed by atoms with Gasteiger partial charge in [0.2, 0.25) is 5.91 Å². The van der Waals surface area contributed by atoms with Crippen molar-refractivity contribution in [1.29, 1.82) is 0 Å². The Bertz CT molecular complexity index is 451. The summed E-state index contributed by atoms with van der Waals surface area (Å²) in [5.74, 6) is 0.479. The van der Waals surface area contributed by atoms with Gasteiger partial charge >= 0.3 is 6.03 Å². The highest BCUT2D eigenvalue weighted by atomic mass is 35.5. The SMILES string of the molecule is CC(=O)NCCNC(=O)NC(C)Oc1ccc(Cl)cc1. The van der Waals surface area contributed by atoms with E-state index in [-0.39, 0.29) is 11.9 Å². The van der Waals surface area contributed by atoms with Crippen LogP contribution in [0, 0.1) is 0 Å². The zero-order valence-corrected chi connectivity index (χ0v) is 12.2. The van der Waals surface area contributed by atoms with Crippen LogP contribution in [0.4, 0.5) is 4.79 Å². The Morgan fingerprint density at radius 1 is 1.20 bits per heavy atom. The maximum atomic E-state index is 11.5. The standard InChI is InChI=1S/C13H18ClN3O3/c1-9(18)15-7-8-16-13(19)17-10(2)20-12-5-3-11(14)4-6-12/h3-6,10H,7-8H2,1-2H3,(H,15,18)(H2,16,17,19). The molecule has 1 unspecified atom stereocenters. The number of carbonyl (C=O) groups excluding carboxylic acids is 2. The Kier molecular flexibility index (Phi) is 6.66. The molecule has 3 N–H and O–H groups in total. The Morgan fingerprint density at radius 2 is 1.80 bits per heavy atom. The second-order valence-corrected chi connectivity index (χ2v) is 4.53. The van der Waals surface area contributed by atoms with Crippen molar-refractivity contribution >= 4 is 23.5 Å². The molecule has 0 aliphatic carbocycles. The number of ether oxygens (including phenoxy) is 1. The number of carbonyl (C=O) groups is 2. The second kappa shape index (κ2) is 8.27. The van der Waals surface area contributed by atoms with Gasteiger partial charge in [0, 0.05) is 25.0 Å². The fourth-order valence-electron chi connectivity index (χ4n) is 1.40. The van der Waals surface area contributed by atoms with Crippen LogP contribution >= 0.6 is 11.6 Å². The molecule has 20 heavy (non-hydrogen) atoms. The summed E-state index contributed by atoms with van der Waals surface area (Å²) in [6.45, 7) is 3.86. The lowest BCUT2D eigenvalue weighted by Gasteiger charge is -2.16. The first-order valence-electron chi connectivity index (χ1n) is 6.18. The quantitative estimate of drug-likeness (QED) is 0.550. The molecule has 6 nitrogen and oxygen atoms in total. The molecule has 0 radical (unpaired) electrons. The van der Waals surface area contributed by atoms with Crippen LogP contribution in [-0.2, 0) is 4.79 Å². The topological polar surface area (TPSA) is 79.5 Å². The lowest BCUT2D eigenvalue weighted by atomic mass is 10.3. The lowest BCUT2D eigenvalue weighted by molar-refractivity contribution is -0.118. The summed E-state index contributed by atoms with van der Waals surface area (Å²) in [5.41, 5.74) is 0. The van der Waals surface area contributed by atoms with Gasteiger partial charge in [-0.05, 0) is 31.2 Å². The Labute approximate surface area is 122 Å². The van der Waals surface area contributed by atoms with Crippen molar-refractivity contribution in [1.82, 2.24) is 16.0 Å². The van der Waals surface area contributed by atoms with Gasteiger partial charge < -0.3 is 20.7 Å². The average Bonchev–Trinajstić information content (AvgIpc) is 2.37. The summed E-state index contributed by atoms with van der Waals surface area (Å²) < 4.78 is 5.48. The third-order valence-electron chi connectivity index (χ3n) is 2.25. The molecule has 0 heterocycles. The highest BCUT2D eigenvalue weighted by Gasteiger charge is 2.07. The molecular weight excluding hydrogens is 282 g/mol. The summed E-state index contributed by atoms with van der Waals surface area (Å²) in [6, 6.07) is 6.48. The van der Waals surface area contributed by atoms with E-state index in [1.807, 2.05) is 0 Å². The van der Waals surface area contributed by atoms with Gasteiger partial charge in [-0.2, -0.15) is 0 Å². The number of rotatable bonds is 6. The molecule has 0 fully saturated rings. The molecule has 0 aliphatic rings. The lowest BCUT2D eigenvalue weighted by Crippen LogP contribution is -2.45. The molecule has 0 spiro atoms. The Hall–Kier alpha value is -1.95. The minimum absolute atomic E-state index is 0.133. The van der Waals surface area contributed by atoms with E-state index in [2.05, 4.69) is 16.0 Å². The first-order valence-corrected chi connectivity index (χ1v) is 6.56. The molecule has 1 rings (SSSR count). The van der Waals surface area contributed by atoms with Crippen molar-refractivity contribution in [2.24, 2.45) is 0 Å². The molecule has 7 heteroatoms. The first-order chi connectivity index (χ1) is 9.47. The molecule has 0 saturated heterocycles. The molecule has 0 aromatic heterocycles. The van der Waals surface area contributed by atoms with Crippen LogP contribution in [0.1, 0.15) is 13.8 Å². The van der Waals surface area contributed by atoms with Gasteiger partial charge in [0.15, 0.2) is 6.23 Å². The molecule has 0 bridgehead atoms. The summed E-state index contributed by atoms with van der Waals surface area (Å²) in [7, 11) is 0. The highest BCUT2D eigenvalue weighted by Crippen LogP contribution is 2.16. The minimum atomic E-state index is -0.489. The van der Waals surface area contributed by atoms with Crippen molar-refractivity contribution in [3.63, 3.8) is 0 Å². The van der Waals surface area contributed by atoms with Crippen molar-refractivity contribution in [2.75, 3.05) is 13.1 Å². The van der Waals surface area contributed by atoms with Gasteiger partial charge in [0.05, 0.1) is 0 Å². The van der Waals surface area contributed by atoms with Crippen LogP contribution in [0.5, 0.6) is 5.75 Å². The van der Waals surface area contributed by atoms with Crippen LogP contribution in [0.15, 0.2) is 24.3 Å². The third-order valence-corrected chi connectivity index (χ3v) is 2.50. The zero-order valence-electron chi connectivity index (χ0n) is 11.4. The van der Waals surface area contributed by atoms with Gasteiger partial charge in [-0.3, -0.25) is 4.79 Å². The largest absolute Gasteiger partial charge is 0.471 e. The average molecular weight is 300 g/mol. The van der Waals surface area contributed by atoms with Gasteiger partial charge in [-0.1, -0.05) is 11.6 Å². The summed E-state index contributed by atoms with van der Waals surface area (Å²) in [6.07, 6.45) is -0.489. The summed E-state index contributed by atoms with van der Waals surface area (Å²) >= 11 is 5.76. The molecule has 3 amide bonds. The fourth-order valence-corrected chi connectivity index (χ4v) is 1.52. The maximum absolute atomic E-state index is 11.5. The van der Waals surface area contributed by atoms with Crippen LogP contribution < -0.4 is 20.7 Å². The zero-order chi connectivity index (χ0) is 15.0. The van der Waals surface area contributed by atoms with Crippen LogP contribution in [-0.4, -0.2) is 31.3 Å². The van der Waals surface area contributed by atoms with E-state index in [1.165, 1.54) is 6.92 Å². The van der Waals surface area contributed by atoms with Crippen LogP contribution in [0.25, 0.3) is 0 Å². The molecule has 110 valence electrons. The molecule has 1 atom stereocenters. The number of nitrogens with one attached hydrogen (secondary N) is 3.